The van der Waals surface area contributed by atoms with Gasteiger partial charge in [0.05, 0.1) is 18.2 Å². The molecule has 0 aromatic heterocycles. The molecular formula is C22H24N2O5. The minimum atomic E-state index is -0.650. The summed E-state index contributed by atoms with van der Waals surface area (Å²) in [5, 5.41) is 5.42. The number of urea groups is 1. The van der Waals surface area contributed by atoms with E-state index in [0.29, 0.717) is 41.5 Å². The van der Waals surface area contributed by atoms with Crippen molar-refractivity contribution in [3.8, 4) is 11.5 Å². The van der Waals surface area contributed by atoms with Gasteiger partial charge in [-0.1, -0.05) is 30.3 Å². The number of rotatable bonds is 8. The molecule has 1 atom stereocenters. The van der Waals surface area contributed by atoms with Crippen LogP contribution in [0.15, 0.2) is 65.9 Å². The van der Waals surface area contributed by atoms with Crippen LogP contribution in [0, 0.1) is 0 Å². The highest BCUT2D eigenvalue weighted by atomic mass is 16.6. The van der Waals surface area contributed by atoms with Gasteiger partial charge in [-0.05, 0) is 43.7 Å². The summed E-state index contributed by atoms with van der Waals surface area (Å²) >= 11 is 0. The number of esters is 1. The van der Waals surface area contributed by atoms with Crippen LogP contribution in [-0.2, 0) is 14.3 Å². The van der Waals surface area contributed by atoms with Crippen molar-refractivity contribution in [3.63, 3.8) is 0 Å². The van der Waals surface area contributed by atoms with E-state index in [1.165, 1.54) is 0 Å². The number of carbonyl (C=O) groups excluding carboxylic acids is 2. The molecule has 2 amide bonds. The Balaban J connectivity index is 1.82. The summed E-state index contributed by atoms with van der Waals surface area (Å²) in [6, 6.07) is 15.6. The largest absolute Gasteiger partial charge is 0.460 e. The van der Waals surface area contributed by atoms with Crippen LogP contribution in [0.5, 0.6) is 11.5 Å². The van der Waals surface area contributed by atoms with E-state index in [-0.39, 0.29) is 12.6 Å². The van der Waals surface area contributed by atoms with Gasteiger partial charge in [-0.2, -0.15) is 0 Å². The van der Waals surface area contributed by atoms with Gasteiger partial charge < -0.3 is 24.8 Å². The number of benzene rings is 2. The van der Waals surface area contributed by atoms with E-state index in [1.54, 1.807) is 13.0 Å². The van der Waals surface area contributed by atoms with Gasteiger partial charge >= 0.3 is 12.0 Å². The lowest BCUT2D eigenvalue weighted by atomic mass is 9.95. The van der Waals surface area contributed by atoms with Crippen LogP contribution < -0.4 is 15.4 Å². The zero-order valence-electron chi connectivity index (χ0n) is 16.4. The predicted molar refractivity (Wildman–Crippen MR) is 108 cm³/mol. The van der Waals surface area contributed by atoms with Crippen LogP contribution in [0.25, 0.3) is 0 Å². The number of hydrogen-bond acceptors (Lipinski definition) is 5. The first-order chi connectivity index (χ1) is 14.1. The van der Waals surface area contributed by atoms with E-state index < -0.39 is 12.0 Å². The average Bonchev–Trinajstić information content (AvgIpc) is 2.71. The molecule has 3 rings (SSSR count). The van der Waals surface area contributed by atoms with Gasteiger partial charge in [-0.3, -0.25) is 0 Å². The topological polar surface area (TPSA) is 85.9 Å². The lowest BCUT2D eigenvalue weighted by Crippen LogP contribution is -2.45. The van der Waals surface area contributed by atoms with Crippen LogP contribution >= 0.6 is 0 Å². The van der Waals surface area contributed by atoms with Crippen LogP contribution in [0.4, 0.5) is 4.79 Å². The number of nitrogens with one attached hydrogen (secondary N) is 2. The maximum absolute atomic E-state index is 12.7. The summed E-state index contributed by atoms with van der Waals surface area (Å²) in [5.74, 6) is 0.790. The Hall–Kier alpha value is -3.32. The van der Waals surface area contributed by atoms with Gasteiger partial charge in [-0.15, -0.1) is 0 Å². The van der Waals surface area contributed by atoms with Gasteiger partial charge in [0.15, 0.2) is 0 Å². The molecule has 0 saturated heterocycles. The molecule has 29 heavy (non-hydrogen) atoms. The summed E-state index contributed by atoms with van der Waals surface area (Å²) in [7, 11) is 0. The lowest BCUT2D eigenvalue weighted by Gasteiger charge is -2.28. The van der Waals surface area contributed by atoms with Crippen LogP contribution in [0.3, 0.4) is 0 Å². The van der Waals surface area contributed by atoms with Crippen molar-refractivity contribution in [2.24, 2.45) is 0 Å². The molecule has 1 aliphatic heterocycles. The van der Waals surface area contributed by atoms with Gasteiger partial charge in [0, 0.05) is 12.3 Å². The highest BCUT2D eigenvalue weighted by Crippen LogP contribution is 2.31. The highest BCUT2D eigenvalue weighted by molar-refractivity contribution is 5.95. The molecule has 0 aliphatic carbocycles. The first-order valence-electron chi connectivity index (χ1n) is 9.44. The second-order valence-corrected chi connectivity index (χ2v) is 6.39. The molecule has 0 unspecified atom stereocenters. The number of para-hydroxylation sites is 1. The molecule has 1 aliphatic rings. The summed E-state index contributed by atoms with van der Waals surface area (Å²) < 4.78 is 16.4. The fourth-order valence-electron chi connectivity index (χ4n) is 3.01. The van der Waals surface area contributed by atoms with Crippen molar-refractivity contribution in [1.29, 1.82) is 0 Å². The Kier molecular flexibility index (Phi) is 6.86. The molecule has 0 bridgehead atoms. The molecular weight excluding hydrogens is 372 g/mol. The third kappa shape index (κ3) is 5.36. The minimum absolute atomic E-state index is 0.140. The fourth-order valence-corrected chi connectivity index (χ4v) is 3.01. The van der Waals surface area contributed by atoms with E-state index in [9.17, 15) is 9.59 Å². The van der Waals surface area contributed by atoms with E-state index in [2.05, 4.69) is 10.6 Å². The van der Waals surface area contributed by atoms with Crippen LogP contribution in [0.1, 0.15) is 25.5 Å². The van der Waals surface area contributed by atoms with Crippen molar-refractivity contribution in [2.45, 2.75) is 19.9 Å². The van der Waals surface area contributed by atoms with E-state index >= 15 is 0 Å². The standard InChI is InChI=1S/C22H24N2O5/c1-3-27-12-13-28-21(25)19-15(2)23-22(26)24-20(19)16-8-7-11-18(14-16)29-17-9-5-4-6-10-17/h4-11,14,20H,3,12-13H2,1-2H3,(H2,23,24,26)/t20-/m0/s1. The van der Waals surface area contributed by atoms with Crippen molar-refractivity contribution < 1.29 is 23.8 Å². The molecule has 0 radical (unpaired) electrons. The lowest BCUT2D eigenvalue weighted by molar-refractivity contribution is -0.141. The molecule has 7 nitrogen and oxygen atoms in total. The van der Waals surface area contributed by atoms with Gasteiger partial charge in [0.25, 0.3) is 0 Å². The average molecular weight is 396 g/mol. The predicted octanol–water partition coefficient (Wildman–Crippen LogP) is 3.69. The van der Waals surface area contributed by atoms with Crippen LogP contribution in [0.2, 0.25) is 0 Å². The third-order valence-corrected chi connectivity index (χ3v) is 4.32. The molecule has 2 N–H and O–H groups in total. The Morgan fingerprint density at radius 1 is 1.03 bits per heavy atom. The zero-order valence-corrected chi connectivity index (χ0v) is 16.4. The van der Waals surface area contributed by atoms with Crippen LogP contribution in [-0.4, -0.2) is 31.8 Å². The molecule has 0 spiro atoms. The van der Waals surface area contributed by atoms with E-state index in [0.717, 1.165) is 0 Å². The van der Waals surface area contributed by atoms with E-state index in [4.69, 9.17) is 14.2 Å². The second-order valence-electron chi connectivity index (χ2n) is 6.39. The zero-order chi connectivity index (χ0) is 20.6. The summed E-state index contributed by atoms with van der Waals surface area (Å²) in [5.41, 5.74) is 1.51. The fraction of sp³-hybridized carbons (Fsp3) is 0.273. The molecule has 0 saturated carbocycles. The van der Waals surface area contributed by atoms with Gasteiger partial charge in [-0.25, -0.2) is 9.59 Å². The van der Waals surface area contributed by atoms with Crippen molar-refractivity contribution >= 4 is 12.0 Å². The molecule has 7 heteroatoms. The number of amides is 2. The molecule has 0 fully saturated rings. The first kappa shape index (κ1) is 20.4. The number of ether oxygens (including phenoxy) is 3. The highest BCUT2D eigenvalue weighted by Gasteiger charge is 2.32. The van der Waals surface area contributed by atoms with Crippen molar-refractivity contribution in [2.75, 3.05) is 19.8 Å². The Morgan fingerprint density at radius 3 is 2.55 bits per heavy atom. The molecule has 2 aromatic carbocycles. The summed E-state index contributed by atoms with van der Waals surface area (Å²) in [4.78, 5) is 24.7. The molecule has 152 valence electrons. The third-order valence-electron chi connectivity index (χ3n) is 4.32. The monoisotopic (exact) mass is 396 g/mol. The quantitative estimate of drug-likeness (QED) is 0.525. The van der Waals surface area contributed by atoms with Gasteiger partial charge in [0.1, 0.15) is 18.1 Å². The van der Waals surface area contributed by atoms with E-state index in [1.807, 2.05) is 55.5 Å². The Morgan fingerprint density at radius 2 is 1.79 bits per heavy atom. The van der Waals surface area contributed by atoms with Gasteiger partial charge in [0.2, 0.25) is 0 Å². The summed E-state index contributed by atoms with van der Waals surface area (Å²) in [6.07, 6.45) is 0. The number of carbonyl (C=O) groups is 2. The SMILES string of the molecule is CCOCCOC(=O)C1=C(C)NC(=O)N[C@H]1c1cccc(Oc2ccccc2)c1. The Labute approximate surface area is 169 Å². The van der Waals surface area contributed by atoms with Crippen molar-refractivity contribution in [1.82, 2.24) is 10.6 Å². The first-order valence-corrected chi connectivity index (χ1v) is 9.44. The second kappa shape index (κ2) is 9.75. The maximum atomic E-state index is 12.7. The smallest absolute Gasteiger partial charge is 0.338 e. The van der Waals surface area contributed by atoms with Crippen molar-refractivity contribution in [3.05, 3.63) is 71.4 Å². The molecule has 2 aromatic rings. The normalized spacial score (nSPS) is 16.1. The summed E-state index contributed by atoms with van der Waals surface area (Å²) in [6.45, 7) is 4.55. The Bertz CT molecular complexity index is 895. The molecule has 1 heterocycles. The minimum Gasteiger partial charge on any atom is -0.460 e. The number of allylic oxidation sites excluding steroid dienone is 1. The maximum Gasteiger partial charge on any atom is 0.338 e. The number of hydrogen-bond donors (Lipinski definition) is 2.